The van der Waals surface area contributed by atoms with Crippen molar-refractivity contribution < 1.29 is 14.3 Å². The average Bonchev–Trinajstić information content (AvgIpc) is 2.91. The zero-order valence-corrected chi connectivity index (χ0v) is 19.6. The first-order chi connectivity index (χ1) is 17.1. The van der Waals surface area contributed by atoms with E-state index >= 15 is 0 Å². The Balaban J connectivity index is 1.80. The summed E-state index contributed by atoms with van der Waals surface area (Å²) in [6.07, 6.45) is 0.263. The predicted molar refractivity (Wildman–Crippen MR) is 137 cm³/mol. The van der Waals surface area contributed by atoms with Crippen LogP contribution in [0.5, 0.6) is 5.75 Å². The van der Waals surface area contributed by atoms with Crippen molar-refractivity contribution in [3.05, 3.63) is 138 Å². The van der Waals surface area contributed by atoms with Gasteiger partial charge in [-0.25, -0.2) is 0 Å². The number of carbonyl (C=O) groups is 2. The van der Waals surface area contributed by atoms with E-state index in [1.165, 1.54) is 0 Å². The van der Waals surface area contributed by atoms with Gasteiger partial charge in [0.2, 0.25) is 11.8 Å². The fourth-order valence-corrected chi connectivity index (χ4v) is 4.44. The molecule has 0 spiro atoms. The lowest BCUT2D eigenvalue weighted by atomic mass is 9.68. The van der Waals surface area contributed by atoms with Crippen LogP contribution in [0.3, 0.4) is 0 Å². The molecule has 1 atom stereocenters. The van der Waals surface area contributed by atoms with Crippen molar-refractivity contribution in [2.24, 2.45) is 5.73 Å². The van der Waals surface area contributed by atoms with E-state index in [0.717, 1.165) is 22.3 Å². The zero-order chi connectivity index (χ0) is 24.7. The van der Waals surface area contributed by atoms with Crippen LogP contribution < -0.4 is 15.8 Å². The molecule has 3 N–H and O–H groups in total. The largest absolute Gasteiger partial charge is 0.497 e. The summed E-state index contributed by atoms with van der Waals surface area (Å²) in [5.41, 5.74) is 7.83. The summed E-state index contributed by atoms with van der Waals surface area (Å²) >= 11 is 0. The van der Waals surface area contributed by atoms with Crippen LogP contribution in [0.25, 0.3) is 0 Å². The van der Waals surface area contributed by atoms with E-state index in [9.17, 15) is 9.59 Å². The molecule has 0 aromatic heterocycles. The number of primary amides is 1. The first kappa shape index (κ1) is 23.8. The molecule has 0 aliphatic heterocycles. The SMILES string of the molecule is COc1ccc(C[C@@H](NC(=O)C(c2ccccc2)(c2ccccc2)c2ccccc2)C(N)=O)cc1. The standard InChI is InChI=1S/C30H28N2O3/c1-35-26-19-17-22(18-20-26)21-27(28(31)33)32-29(34)30(23-11-5-2-6-12-23,24-13-7-3-8-14-24)25-15-9-4-10-16-25/h2-20,27H,21H2,1H3,(H2,31,33)(H,32,34)/t27-/m1/s1. The molecule has 176 valence electrons. The quantitative estimate of drug-likeness (QED) is 0.364. The molecule has 0 aliphatic rings. The van der Waals surface area contributed by atoms with Crippen LogP contribution in [-0.4, -0.2) is 25.0 Å². The van der Waals surface area contributed by atoms with E-state index in [1.807, 2.05) is 115 Å². The smallest absolute Gasteiger partial charge is 0.240 e. The Morgan fingerprint density at radius 3 is 1.54 bits per heavy atom. The Kier molecular flexibility index (Phi) is 7.27. The summed E-state index contributed by atoms with van der Waals surface area (Å²) in [6.45, 7) is 0. The number of amides is 2. The minimum Gasteiger partial charge on any atom is -0.497 e. The molecule has 0 fully saturated rings. The number of benzene rings is 4. The summed E-state index contributed by atoms with van der Waals surface area (Å²) in [5.74, 6) is -0.208. The van der Waals surface area contributed by atoms with Crippen molar-refractivity contribution in [3.63, 3.8) is 0 Å². The Hall–Kier alpha value is -4.38. The second-order valence-electron chi connectivity index (χ2n) is 8.33. The molecule has 4 rings (SSSR count). The third-order valence-electron chi connectivity index (χ3n) is 6.21. The predicted octanol–water partition coefficient (Wildman–Crippen LogP) is 4.24. The minimum absolute atomic E-state index is 0.263. The Bertz CT molecular complexity index is 1160. The maximum absolute atomic E-state index is 14.3. The number of rotatable bonds is 9. The normalized spacial score (nSPS) is 11.9. The third-order valence-corrected chi connectivity index (χ3v) is 6.21. The van der Waals surface area contributed by atoms with Gasteiger partial charge in [-0.15, -0.1) is 0 Å². The second kappa shape index (κ2) is 10.7. The fourth-order valence-electron chi connectivity index (χ4n) is 4.44. The van der Waals surface area contributed by atoms with E-state index in [0.29, 0.717) is 5.75 Å². The van der Waals surface area contributed by atoms with Crippen molar-refractivity contribution >= 4 is 11.8 Å². The first-order valence-corrected chi connectivity index (χ1v) is 11.5. The van der Waals surface area contributed by atoms with Crippen LogP contribution in [-0.2, 0) is 21.4 Å². The highest BCUT2D eigenvalue weighted by Gasteiger charge is 2.44. The van der Waals surface area contributed by atoms with E-state index in [-0.39, 0.29) is 12.3 Å². The van der Waals surface area contributed by atoms with Gasteiger partial charge in [0.1, 0.15) is 17.2 Å². The molecule has 0 bridgehead atoms. The van der Waals surface area contributed by atoms with Gasteiger partial charge in [0.05, 0.1) is 7.11 Å². The molecule has 2 amide bonds. The van der Waals surface area contributed by atoms with Gasteiger partial charge in [-0.1, -0.05) is 103 Å². The molecule has 0 aliphatic carbocycles. The molecule has 4 aromatic carbocycles. The highest BCUT2D eigenvalue weighted by Crippen LogP contribution is 2.39. The van der Waals surface area contributed by atoms with Crippen molar-refractivity contribution in [3.8, 4) is 5.75 Å². The van der Waals surface area contributed by atoms with E-state index in [4.69, 9.17) is 10.5 Å². The van der Waals surface area contributed by atoms with Crippen LogP contribution in [0.2, 0.25) is 0 Å². The van der Waals surface area contributed by atoms with Gasteiger partial charge in [0, 0.05) is 6.42 Å². The third kappa shape index (κ3) is 4.94. The van der Waals surface area contributed by atoms with Crippen molar-refractivity contribution in [2.45, 2.75) is 17.9 Å². The summed E-state index contributed by atoms with van der Waals surface area (Å²) in [7, 11) is 1.60. The summed E-state index contributed by atoms with van der Waals surface area (Å²) in [4.78, 5) is 26.8. The number of nitrogens with one attached hydrogen (secondary N) is 1. The van der Waals surface area contributed by atoms with Gasteiger partial charge in [0.25, 0.3) is 0 Å². The monoisotopic (exact) mass is 464 g/mol. The first-order valence-electron chi connectivity index (χ1n) is 11.5. The minimum atomic E-state index is -1.18. The van der Waals surface area contributed by atoms with Crippen LogP contribution in [0, 0.1) is 0 Å². The molecule has 0 saturated heterocycles. The van der Waals surface area contributed by atoms with Gasteiger partial charge in [-0.05, 0) is 34.4 Å². The lowest BCUT2D eigenvalue weighted by molar-refractivity contribution is -0.129. The van der Waals surface area contributed by atoms with E-state index < -0.39 is 17.4 Å². The number of nitrogens with two attached hydrogens (primary N) is 1. The van der Waals surface area contributed by atoms with E-state index in [2.05, 4.69) is 5.32 Å². The maximum Gasteiger partial charge on any atom is 0.240 e. The Morgan fingerprint density at radius 1 is 0.743 bits per heavy atom. The molecule has 0 radical (unpaired) electrons. The summed E-state index contributed by atoms with van der Waals surface area (Å²) in [6, 6.07) is 35.3. The van der Waals surface area contributed by atoms with Crippen molar-refractivity contribution in [1.29, 1.82) is 0 Å². The molecule has 5 nitrogen and oxygen atoms in total. The van der Waals surface area contributed by atoms with Gasteiger partial charge in [0.15, 0.2) is 0 Å². The number of hydrogen-bond acceptors (Lipinski definition) is 3. The molecule has 4 aromatic rings. The molecule has 0 unspecified atom stereocenters. The second-order valence-corrected chi connectivity index (χ2v) is 8.33. The van der Waals surface area contributed by atoms with Gasteiger partial charge >= 0.3 is 0 Å². The van der Waals surface area contributed by atoms with Crippen LogP contribution >= 0.6 is 0 Å². The van der Waals surface area contributed by atoms with Gasteiger partial charge < -0.3 is 15.8 Å². The van der Waals surface area contributed by atoms with Gasteiger partial charge in [-0.2, -0.15) is 0 Å². The lowest BCUT2D eigenvalue weighted by Gasteiger charge is -2.35. The Morgan fingerprint density at radius 2 is 1.17 bits per heavy atom. The van der Waals surface area contributed by atoms with Crippen molar-refractivity contribution in [1.82, 2.24) is 5.32 Å². The maximum atomic E-state index is 14.3. The highest BCUT2D eigenvalue weighted by molar-refractivity contribution is 5.98. The molecule has 0 heterocycles. The summed E-state index contributed by atoms with van der Waals surface area (Å²) in [5, 5.41) is 2.99. The fraction of sp³-hybridized carbons (Fsp3) is 0.133. The number of methoxy groups -OCH3 is 1. The molecule has 5 heteroatoms. The van der Waals surface area contributed by atoms with Crippen LogP contribution in [0.1, 0.15) is 22.3 Å². The zero-order valence-electron chi connectivity index (χ0n) is 19.6. The Labute approximate surface area is 205 Å². The van der Waals surface area contributed by atoms with Crippen LogP contribution in [0.4, 0.5) is 0 Å². The topological polar surface area (TPSA) is 81.4 Å². The number of ether oxygens (including phenoxy) is 1. The molecule has 0 saturated carbocycles. The van der Waals surface area contributed by atoms with E-state index in [1.54, 1.807) is 7.11 Å². The highest BCUT2D eigenvalue weighted by atomic mass is 16.5. The molecule has 35 heavy (non-hydrogen) atoms. The lowest BCUT2D eigenvalue weighted by Crippen LogP contribution is -2.54. The van der Waals surface area contributed by atoms with Crippen LogP contribution in [0.15, 0.2) is 115 Å². The number of carbonyl (C=O) groups excluding carboxylic acids is 2. The number of hydrogen-bond donors (Lipinski definition) is 2. The molecular formula is C30H28N2O3. The van der Waals surface area contributed by atoms with Crippen molar-refractivity contribution in [2.75, 3.05) is 7.11 Å². The summed E-state index contributed by atoms with van der Waals surface area (Å²) < 4.78 is 5.22. The average molecular weight is 465 g/mol. The van der Waals surface area contributed by atoms with Gasteiger partial charge in [-0.3, -0.25) is 9.59 Å². The molecular weight excluding hydrogens is 436 g/mol.